The number of benzene rings is 2. The van der Waals surface area contributed by atoms with Crippen molar-refractivity contribution in [1.82, 2.24) is 4.72 Å². The second-order valence-corrected chi connectivity index (χ2v) is 7.61. The quantitative estimate of drug-likeness (QED) is 0.726. The van der Waals surface area contributed by atoms with Crippen LogP contribution in [0, 0.1) is 0 Å². The summed E-state index contributed by atoms with van der Waals surface area (Å²) in [6.45, 7) is 2.12. The van der Waals surface area contributed by atoms with E-state index >= 15 is 0 Å². The van der Waals surface area contributed by atoms with Crippen LogP contribution in [0.3, 0.4) is 0 Å². The number of hydrogen-bond acceptors (Lipinski definition) is 4. The van der Waals surface area contributed by atoms with Gasteiger partial charge in [-0.3, -0.25) is 0 Å². The Morgan fingerprint density at radius 1 is 1.14 bits per heavy atom. The van der Waals surface area contributed by atoms with Crippen molar-refractivity contribution in [3.8, 4) is 0 Å². The fourth-order valence-corrected chi connectivity index (χ4v) is 3.56. The molecule has 4 nitrogen and oxygen atoms in total. The Morgan fingerprint density at radius 2 is 1.86 bits per heavy atom. The van der Waals surface area contributed by atoms with Gasteiger partial charge in [-0.15, -0.1) is 0 Å². The predicted molar refractivity (Wildman–Crippen MR) is 87.4 cm³/mol. The van der Waals surface area contributed by atoms with E-state index in [1.54, 1.807) is 18.2 Å². The normalized spacial score (nSPS) is 13.8. The minimum Gasteiger partial charge on any atom is -0.456 e. The maximum absolute atomic E-state index is 12.3. The molecule has 1 atom stereocenters. The van der Waals surface area contributed by atoms with Crippen molar-refractivity contribution in [3.63, 3.8) is 0 Å². The predicted octanol–water partition coefficient (Wildman–Crippen LogP) is 3.18. The fourth-order valence-electron chi connectivity index (χ4n) is 2.19. The summed E-state index contributed by atoms with van der Waals surface area (Å²) in [4.78, 5) is 0.232. The Bertz CT molecular complexity index is 898. The largest absolute Gasteiger partial charge is 0.456 e. The van der Waals surface area contributed by atoms with Gasteiger partial charge in [-0.1, -0.05) is 25.1 Å². The van der Waals surface area contributed by atoms with Gasteiger partial charge in [-0.05, 0) is 24.3 Å². The smallest absolute Gasteiger partial charge is 0.240 e. The lowest BCUT2D eigenvalue weighted by Crippen LogP contribution is -2.28. The van der Waals surface area contributed by atoms with Crippen molar-refractivity contribution in [3.05, 3.63) is 42.5 Å². The standard InChI is InChI=1S/C15H15NO3S2/c1-10(20)9-16-21(17,18)11-6-7-15-13(8-11)12-4-2-3-5-14(12)19-15/h2-8,10,16,20H,9H2,1H3. The molecule has 0 saturated carbocycles. The summed E-state index contributed by atoms with van der Waals surface area (Å²) in [5.41, 5.74) is 1.43. The van der Waals surface area contributed by atoms with Gasteiger partial charge in [0.05, 0.1) is 4.90 Å². The maximum atomic E-state index is 12.3. The first-order chi connectivity index (χ1) is 9.97. The van der Waals surface area contributed by atoms with Crippen LogP contribution in [0.4, 0.5) is 0 Å². The van der Waals surface area contributed by atoms with Crippen molar-refractivity contribution in [2.24, 2.45) is 0 Å². The fraction of sp³-hybridized carbons (Fsp3) is 0.200. The number of para-hydroxylation sites is 1. The third-order valence-corrected chi connectivity index (χ3v) is 4.83. The molecule has 0 amide bonds. The van der Waals surface area contributed by atoms with Crippen LogP contribution in [-0.2, 0) is 10.0 Å². The minimum absolute atomic E-state index is 0.0433. The lowest BCUT2D eigenvalue weighted by Gasteiger charge is -2.08. The van der Waals surface area contributed by atoms with E-state index in [1.165, 1.54) is 0 Å². The van der Waals surface area contributed by atoms with E-state index in [2.05, 4.69) is 17.4 Å². The molecule has 21 heavy (non-hydrogen) atoms. The molecule has 110 valence electrons. The average molecular weight is 321 g/mol. The molecular formula is C15H15NO3S2. The SMILES string of the molecule is CC(S)CNS(=O)(=O)c1ccc2oc3ccccc3c2c1. The summed E-state index contributed by atoms with van der Waals surface area (Å²) in [6, 6.07) is 12.5. The molecule has 0 radical (unpaired) electrons. The monoisotopic (exact) mass is 321 g/mol. The first kappa shape index (κ1) is 14.4. The van der Waals surface area contributed by atoms with Gasteiger partial charge in [0.2, 0.25) is 10.0 Å². The highest BCUT2D eigenvalue weighted by atomic mass is 32.2. The molecule has 0 aliphatic heterocycles. The van der Waals surface area contributed by atoms with Crippen molar-refractivity contribution in [2.75, 3.05) is 6.54 Å². The summed E-state index contributed by atoms with van der Waals surface area (Å²) in [6.07, 6.45) is 0. The van der Waals surface area contributed by atoms with Gasteiger partial charge < -0.3 is 4.42 Å². The first-order valence-corrected chi connectivity index (χ1v) is 8.56. The lowest BCUT2D eigenvalue weighted by atomic mass is 10.1. The molecule has 1 unspecified atom stereocenters. The van der Waals surface area contributed by atoms with E-state index in [0.29, 0.717) is 5.58 Å². The van der Waals surface area contributed by atoms with E-state index in [9.17, 15) is 8.42 Å². The van der Waals surface area contributed by atoms with Gasteiger partial charge in [0.15, 0.2) is 0 Å². The lowest BCUT2D eigenvalue weighted by molar-refractivity contribution is 0.581. The number of hydrogen-bond donors (Lipinski definition) is 2. The zero-order valence-electron chi connectivity index (χ0n) is 11.4. The van der Waals surface area contributed by atoms with Crippen LogP contribution in [0.2, 0.25) is 0 Å². The molecule has 2 aromatic carbocycles. The van der Waals surface area contributed by atoms with Crippen LogP contribution in [0.5, 0.6) is 0 Å². The van der Waals surface area contributed by atoms with Crippen molar-refractivity contribution >= 4 is 44.6 Å². The molecule has 0 aliphatic rings. The molecule has 0 bridgehead atoms. The van der Waals surface area contributed by atoms with E-state index in [4.69, 9.17) is 4.42 Å². The van der Waals surface area contributed by atoms with Crippen LogP contribution in [0.25, 0.3) is 21.9 Å². The average Bonchev–Trinajstić information content (AvgIpc) is 2.83. The van der Waals surface area contributed by atoms with Gasteiger partial charge in [0.1, 0.15) is 11.2 Å². The zero-order chi connectivity index (χ0) is 15.0. The summed E-state index contributed by atoms with van der Waals surface area (Å²) in [5.74, 6) is 0. The van der Waals surface area contributed by atoms with Gasteiger partial charge in [0, 0.05) is 22.6 Å². The minimum atomic E-state index is -3.53. The van der Waals surface area contributed by atoms with Crippen LogP contribution in [0.1, 0.15) is 6.92 Å². The Hall–Kier alpha value is -1.50. The Balaban J connectivity index is 2.10. The second kappa shape index (κ2) is 5.36. The van der Waals surface area contributed by atoms with Crippen LogP contribution in [-0.4, -0.2) is 20.2 Å². The second-order valence-electron chi connectivity index (χ2n) is 4.96. The van der Waals surface area contributed by atoms with Gasteiger partial charge in [-0.25, -0.2) is 13.1 Å². The van der Waals surface area contributed by atoms with Gasteiger partial charge in [-0.2, -0.15) is 12.6 Å². The molecular weight excluding hydrogens is 306 g/mol. The number of fused-ring (bicyclic) bond motifs is 3. The molecule has 1 aromatic heterocycles. The van der Waals surface area contributed by atoms with E-state index in [0.717, 1.165) is 16.4 Å². The Labute approximate surface area is 128 Å². The molecule has 0 aliphatic carbocycles. The molecule has 3 rings (SSSR count). The summed E-state index contributed by atoms with van der Waals surface area (Å²) in [5, 5.41) is 1.66. The summed E-state index contributed by atoms with van der Waals surface area (Å²) >= 11 is 4.18. The van der Waals surface area contributed by atoms with Crippen molar-refractivity contribution in [2.45, 2.75) is 17.1 Å². The van der Waals surface area contributed by atoms with Gasteiger partial charge in [0.25, 0.3) is 0 Å². The molecule has 6 heteroatoms. The van der Waals surface area contributed by atoms with Crippen LogP contribution in [0.15, 0.2) is 51.8 Å². The number of furan rings is 1. The molecule has 0 spiro atoms. The molecule has 1 N–H and O–H groups in total. The van der Waals surface area contributed by atoms with Crippen LogP contribution < -0.4 is 4.72 Å². The third kappa shape index (κ3) is 2.79. The maximum Gasteiger partial charge on any atom is 0.240 e. The molecule has 0 fully saturated rings. The van der Waals surface area contributed by atoms with Crippen LogP contribution >= 0.6 is 12.6 Å². The summed E-state index contributed by atoms with van der Waals surface area (Å²) in [7, 11) is -3.53. The van der Waals surface area contributed by atoms with E-state index < -0.39 is 10.0 Å². The van der Waals surface area contributed by atoms with Crippen molar-refractivity contribution in [1.29, 1.82) is 0 Å². The highest BCUT2D eigenvalue weighted by Gasteiger charge is 2.16. The number of rotatable bonds is 4. The highest BCUT2D eigenvalue weighted by Crippen LogP contribution is 2.30. The molecule has 3 aromatic rings. The summed E-state index contributed by atoms with van der Waals surface area (Å²) < 4.78 is 32.8. The Morgan fingerprint density at radius 3 is 2.62 bits per heavy atom. The molecule has 1 heterocycles. The zero-order valence-corrected chi connectivity index (χ0v) is 13.1. The number of thiol groups is 1. The third-order valence-electron chi connectivity index (χ3n) is 3.23. The molecule has 0 saturated heterocycles. The first-order valence-electron chi connectivity index (χ1n) is 6.56. The van der Waals surface area contributed by atoms with E-state index in [1.807, 2.05) is 31.2 Å². The van der Waals surface area contributed by atoms with E-state index in [-0.39, 0.29) is 16.7 Å². The topological polar surface area (TPSA) is 59.3 Å². The van der Waals surface area contributed by atoms with Gasteiger partial charge >= 0.3 is 0 Å². The number of sulfonamides is 1. The highest BCUT2D eigenvalue weighted by molar-refractivity contribution is 7.89. The Kier molecular flexibility index (Phi) is 3.69. The number of nitrogens with one attached hydrogen (secondary N) is 1. The van der Waals surface area contributed by atoms with Crippen molar-refractivity contribution < 1.29 is 12.8 Å².